The van der Waals surface area contributed by atoms with Crippen molar-refractivity contribution in [1.29, 1.82) is 0 Å². The first kappa shape index (κ1) is 21.6. The van der Waals surface area contributed by atoms with Gasteiger partial charge in [0, 0.05) is 36.6 Å². The van der Waals surface area contributed by atoms with E-state index >= 15 is 0 Å². The zero-order valence-corrected chi connectivity index (χ0v) is 16.6. The summed E-state index contributed by atoms with van der Waals surface area (Å²) in [6.45, 7) is -0.470. The molecule has 0 aliphatic rings. The molecule has 158 valence electrons. The number of carbonyl (C=O) groups excluding carboxylic acids is 1. The zero-order valence-electron chi connectivity index (χ0n) is 16.6. The Labute approximate surface area is 173 Å². The second-order valence-corrected chi connectivity index (χ2v) is 7.03. The molecule has 3 rings (SSSR count). The van der Waals surface area contributed by atoms with Crippen molar-refractivity contribution in [3.8, 4) is 11.1 Å². The van der Waals surface area contributed by atoms with Gasteiger partial charge >= 0.3 is 6.18 Å². The molecule has 1 heterocycles. The highest BCUT2D eigenvalue weighted by atomic mass is 19.4. The van der Waals surface area contributed by atoms with Crippen LogP contribution >= 0.6 is 0 Å². The Balaban J connectivity index is 1.55. The monoisotopic (exact) mass is 416 g/mol. The summed E-state index contributed by atoms with van der Waals surface area (Å²) in [6.07, 6.45) is -1.44. The van der Waals surface area contributed by atoms with Gasteiger partial charge in [-0.25, -0.2) is 4.98 Å². The van der Waals surface area contributed by atoms with E-state index in [2.05, 4.69) is 10.3 Å². The molecule has 0 spiro atoms. The van der Waals surface area contributed by atoms with E-state index in [1.54, 1.807) is 11.9 Å². The molecule has 0 bridgehead atoms. The number of amides is 1. The van der Waals surface area contributed by atoms with E-state index in [0.29, 0.717) is 12.4 Å². The lowest BCUT2D eigenvalue weighted by Crippen LogP contribution is -2.27. The van der Waals surface area contributed by atoms with Gasteiger partial charge in [-0.2, -0.15) is 13.2 Å². The molecule has 0 unspecified atom stereocenters. The lowest BCUT2D eigenvalue weighted by Gasteiger charge is -2.18. The predicted octanol–water partition coefficient (Wildman–Crippen LogP) is 4.57. The van der Waals surface area contributed by atoms with Crippen molar-refractivity contribution in [1.82, 2.24) is 14.5 Å². The number of nitrogens with one attached hydrogen (secondary N) is 1. The molecule has 1 N–H and O–H groups in total. The number of nitrogens with zero attached hydrogens (tertiary/aromatic N) is 3. The Morgan fingerprint density at radius 2 is 1.80 bits per heavy atom. The zero-order chi connectivity index (χ0) is 21.6. The lowest BCUT2D eigenvalue weighted by molar-refractivity contribution is -0.141. The van der Waals surface area contributed by atoms with Crippen LogP contribution in [0.25, 0.3) is 11.1 Å². The quantitative estimate of drug-likeness (QED) is 0.585. The van der Waals surface area contributed by atoms with Crippen molar-refractivity contribution < 1.29 is 18.0 Å². The Morgan fingerprint density at radius 3 is 2.53 bits per heavy atom. The first-order valence-corrected chi connectivity index (χ1v) is 9.51. The van der Waals surface area contributed by atoms with Crippen molar-refractivity contribution >= 4 is 11.6 Å². The molecule has 2 aromatic carbocycles. The molecule has 0 fully saturated rings. The van der Waals surface area contributed by atoms with Crippen LogP contribution in [-0.2, 0) is 17.9 Å². The number of halogens is 3. The minimum atomic E-state index is -4.31. The van der Waals surface area contributed by atoms with Gasteiger partial charge in [-0.15, -0.1) is 0 Å². The molecule has 1 aromatic heterocycles. The van der Waals surface area contributed by atoms with Crippen molar-refractivity contribution in [2.24, 2.45) is 0 Å². The van der Waals surface area contributed by atoms with Gasteiger partial charge in [0.05, 0.1) is 6.54 Å². The molecular formula is C22H23F3N4O. The van der Waals surface area contributed by atoms with E-state index < -0.39 is 12.7 Å². The summed E-state index contributed by atoms with van der Waals surface area (Å²) in [5.74, 6) is 0.147. The number of alkyl halides is 3. The van der Waals surface area contributed by atoms with Gasteiger partial charge in [-0.3, -0.25) is 9.69 Å². The number of hydrogen-bond donors (Lipinski definition) is 1. The number of carbonyl (C=O) groups is 1. The minimum Gasteiger partial charge on any atom is -0.325 e. The van der Waals surface area contributed by atoms with Crippen LogP contribution in [0.4, 0.5) is 18.9 Å². The van der Waals surface area contributed by atoms with Gasteiger partial charge in [0.1, 0.15) is 12.4 Å². The van der Waals surface area contributed by atoms with Crippen molar-refractivity contribution in [3.63, 3.8) is 0 Å². The molecule has 8 heteroatoms. The number of hydrogen-bond acceptors (Lipinski definition) is 3. The number of anilines is 1. The molecule has 0 saturated heterocycles. The SMILES string of the molecule is CN(CCC(=O)Nc1ccccc1-c1ccccc1)Cc1nccn1CC(F)(F)F. The molecule has 0 atom stereocenters. The summed E-state index contributed by atoms with van der Waals surface area (Å²) in [5.41, 5.74) is 2.65. The number of para-hydroxylation sites is 1. The van der Waals surface area contributed by atoms with E-state index in [0.717, 1.165) is 21.4 Å². The third kappa shape index (κ3) is 6.18. The fourth-order valence-corrected chi connectivity index (χ4v) is 3.12. The molecule has 3 aromatic rings. The van der Waals surface area contributed by atoms with E-state index in [-0.39, 0.29) is 18.9 Å². The highest BCUT2D eigenvalue weighted by Crippen LogP contribution is 2.27. The maximum Gasteiger partial charge on any atom is 0.406 e. The second-order valence-electron chi connectivity index (χ2n) is 7.03. The van der Waals surface area contributed by atoms with Crippen molar-refractivity contribution in [2.75, 3.05) is 18.9 Å². The van der Waals surface area contributed by atoms with Gasteiger partial charge < -0.3 is 9.88 Å². The van der Waals surface area contributed by atoms with Crippen LogP contribution in [0.15, 0.2) is 67.0 Å². The van der Waals surface area contributed by atoms with Gasteiger partial charge in [-0.1, -0.05) is 48.5 Å². The summed E-state index contributed by atoms with van der Waals surface area (Å²) in [5, 5.41) is 2.93. The minimum absolute atomic E-state index is 0.163. The topological polar surface area (TPSA) is 50.2 Å². The van der Waals surface area contributed by atoms with Crippen molar-refractivity contribution in [2.45, 2.75) is 25.7 Å². The van der Waals surface area contributed by atoms with E-state index in [1.807, 2.05) is 54.6 Å². The first-order chi connectivity index (χ1) is 14.3. The average Bonchev–Trinajstić information content (AvgIpc) is 3.12. The highest BCUT2D eigenvalue weighted by Gasteiger charge is 2.28. The molecular weight excluding hydrogens is 393 g/mol. The van der Waals surface area contributed by atoms with Gasteiger partial charge in [0.25, 0.3) is 0 Å². The van der Waals surface area contributed by atoms with Gasteiger partial charge in [-0.05, 0) is 18.7 Å². The van der Waals surface area contributed by atoms with Crippen LogP contribution in [-0.4, -0.2) is 40.1 Å². The molecule has 0 radical (unpaired) electrons. The number of benzene rings is 2. The molecule has 5 nitrogen and oxygen atoms in total. The number of imidazole rings is 1. The summed E-state index contributed by atoms with van der Waals surface area (Å²) in [7, 11) is 1.75. The molecule has 1 amide bonds. The third-order valence-corrected chi connectivity index (χ3v) is 4.57. The molecule has 0 aliphatic heterocycles. The second kappa shape index (κ2) is 9.58. The van der Waals surface area contributed by atoms with E-state index in [4.69, 9.17) is 0 Å². The number of aromatic nitrogens is 2. The Bertz CT molecular complexity index is 970. The molecule has 30 heavy (non-hydrogen) atoms. The van der Waals surface area contributed by atoms with Crippen LogP contribution in [0, 0.1) is 0 Å². The number of rotatable bonds is 8. The Kier molecular flexibility index (Phi) is 6.89. The standard InChI is InChI=1S/C22H23F3N4O/c1-28(15-20-26-12-14-29(20)16-22(23,24)25)13-11-21(30)27-19-10-6-5-9-18(19)17-7-3-2-4-8-17/h2-10,12,14H,11,13,15-16H2,1H3,(H,27,30). The first-order valence-electron chi connectivity index (χ1n) is 9.51. The predicted molar refractivity (Wildman–Crippen MR) is 110 cm³/mol. The normalized spacial score (nSPS) is 11.6. The summed E-state index contributed by atoms with van der Waals surface area (Å²) < 4.78 is 39.0. The third-order valence-electron chi connectivity index (χ3n) is 4.57. The maximum absolute atomic E-state index is 12.6. The van der Waals surface area contributed by atoms with Crippen LogP contribution in [0.1, 0.15) is 12.2 Å². The van der Waals surface area contributed by atoms with Crippen LogP contribution < -0.4 is 5.32 Å². The summed E-state index contributed by atoms with van der Waals surface area (Å²) >= 11 is 0. The summed E-state index contributed by atoms with van der Waals surface area (Å²) in [6, 6.07) is 17.3. The van der Waals surface area contributed by atoms with Crippen molar-refractivity contribution in [3.05, 3.63) is 72.8 Å². The van der Waals surface area contributed by atoms with E-state index in [1.165, 1.54) is 12.4 Å². The fraction of sp³-hybridized carbons (Fsp3) is 0.273. The van der Waals surface area contributed by atoms with Gasteiger partial charge in [0.15, 0.2) is 0 Å². The average molecular weight is 416 g/mol. The molecule has 0 aliphatic carbocycles. The highest BCUT2D eigenvalue weighted by molar-refractivity contribution is 5.95. The van der Waals surface area contributed by atoms with E-state index in [9.17, 15) is 18.0 Å². The fourth-order valence-electron chi connectivity index (χ4n) is 3.12. The van der Waals surface area contributed by atoms with Crippen LogP contribution in [0.3, 0.4) is 0 Å². The largest absolute Gasteiger partial charge is 0.406 e. The van der Waals surface area contributed by atoms with Gasteiger partial charge in [0.2, 0.25) is 5.91 Å². The van der Waals surface area contributed by atoms with Crippen LogP contribution in [0.5, 0.6) is 0 Å². The Morgan fingerprint density at radius 1 is 1.10 bits per heavy atom. The maximum atomic E-state index is 12.6. The lowest BCUT2D eigenvalue weighted by atomic mass is 10.0. The molecule has 0 saturated carbocycles. The summed E-state index contributed by atoms with van der Waals surface area (Å²) in [4.78, 5) is 18.2. The van der Waals surface area contributed by atoms with Crippen LogP contribution in [0.2, 0.25) is 0 Å². The Hall–Kier alpha value is -3.13. The smallest absolute Gasteiger partial charge is 0.325 e.